The van der Waals surface area contributed by atoms with Crippen molar-refractivity contribution in [3.8, 4) is 0 Å². The lowest BCUT2D eigenvalue weighted by Crippen LogP contribution is -2.48. The summed E-state index contributed by atoms with van der Waals surface area (Å²) in [4.78, 5) is 22.5. The van der Waals surface area contributed by atoms with Gasteiger partial charge in [0.15, 0.2) is 5.82 Å². The third-order valence-electron chi connectivity index (χ3n) is 5.86. The normalized spacial score (nSPS) is 24.1. The highest BCUT2D eigenvalue weighted by Crippen LogP contribution is 2.46. The van der Waals surface area contributed by atoms with Gasteiger partial charge in [0.1, 0.15) is 6.17 Å². The monoisotopic (exact) mass is 442 g/mol. The average molecular weight is 443 g/mol. The van der Waals surface area contributed by atoms with E-state index in [1.165, 1.54) is 11.8 Å². The van der Waals surface area contributed by atoms with Crippen molar-refractivity contribution in [2.75, 3.05) is 18.0 Å². The van der Waals surface area contributed by atoms with Crippen LogP contribution in [0.2, 0.25) is 10.0 Å². The Morgan fingerprint density at radius 3 is 2.71 bits per heavy atom. The van der Waals surface area contributed by atoms with E-state index in [0.717, 1.165) is 17.7 Å². The van der Waals surface area contributed by atoms with Gasteiger partial charge in [-0.1, -0.05) is 41.0 Å². The number of hydrogen-bond donors (Lipinski definition) is 2. The van der Waals surface area contributed by atoms with Crippen molar-refractivity contribution in [2.24, 2.45) is 11.1 Å². The van der Waals surface area contributed by atoms with Gasteiger partial charge < -0.3 is 15.6 Å². The van der Waals surface area contributed by atoms with Gasteiger partial charge in [-0.3, -0.25) is 4.79 Å². The van der Waals surface area contributed by atoms with E-state index in [-0.39, 0.29) is 17.0 Å². The number of halogens is 3. The summed E-state index contributed by atoms with van der Waals surface area (Å²) >= 11 is 13.5. The molecule has 2 heterocycles. The Bertz CT molecular complexity index is 932. The molecule has 1 spiro atoms. The van der Waals surface area contributed by atoms with Crippen LogP contribution in [0.1, 0.15) is 25.7 Å². The van der Waals surface area contributed by atoms with Crippen LogP contribution in [-0.4, -0.2) is 35.3 Å². The summed E-state index contributed by atoms with van der Waals surface area (Å²) in [5, 5.41) is 1.49. The van der Waals surface area contributed by atoms with Gasteiger partial charge in [0, 0.05) is 24.0 Å². The van der Waals surface area contributed by atoms with Crippen molar-refractivity contribution >= 4 is 40.8 Å². The third-order valence-corrected chi connectivity index (χ3v) is 7.78. The van der Waals surface area contributed by atoms with Gasteiger partial charge in [-0.25, -0.2) is 9.37 Å². The highest BCUT2D eigenvalue weighted by Gasteiger charge is 2.47. The molecule has 0 amide bonds. The van der Waals surface area contributed by atoms with Gasteiger partial charge in [-0.15, -0.1) is 0 Å². The Hall–Kier alpha value is -1.28. The van der Waals surface area contributed by atoms with Crippen LogP contribution in [0.5, 0.6) is 0 Å². The molecule has 28 heavy (non-hydrogen) atoms. The van der Waals surface area contributed by atoms with E-state index in [0.29, 0.717) is 46.8 Å². The Balaban J connectivity index is 1.47. The lowest BCUT2D eigenvalue weighted by molar-refractivity contribution is 0.184. The number of nitrogens with one attached hydrogen (secondary N) is 1. The number of nitrogens with two attached hydrogens (primary N) is 1. The highest BCUT2D eigenvalue weighted by atomic mass is 35.5. The van der Waals surface area contributed by atoms with E-state index in [1.54, 1.807) is 18.3 Å². The van der Waals surface area contributed by atoms with E-state index in [2.05, 4.69) is 9.97 Å². The minimum absolute atomic E-state index is 0.0999. The van der Waals surface area contributed by atoms with Gasteiger partial charge in [0.05, 0.1) is 21.3 Å². The fraction of sp³-hybridized carbons (Fsp3) is 0.474. The molecule has 4 rings (SSSR count). The van der Waals surface area contributed by atoms with E-state index >= 15 is 0 Å². The molecular formula is C19H21Cl2FN4OS. The summed E-state index contributed by atoms with van der Waals surface area (Å²) in [6.07, 6.45) is 3.35. The standard InChI is InChI=1S/C19H21Cl2FN4OS/c20-12-2-1-3-13(16(12)21)28-15-10-24-17(18(27)25-15)26-6-4-19(5-7-26)9-11(22)8-14(19)23/h1-3,10-11,14H,4-9,23H2,(H,25,27)/t11?,14-/m1/s1. The first-order chi connectivity index (χ1) is 13.4. The maximum absolute atomic E-state index is 13.8. The summed E-state index contributed by atoms with van der Waals surface area (Å²) in [5.41, 5.74) is 5.81. The lowest BCUT2D eigenvalue weighted by Gasteiger charge is -2.42. The third kappa shape index (κ3) is 3.77. The van der Waals surface area contributed by atoms with E-state index < -0.39 is 6.17 Å². The zero-order chi connectivity index (χ0) is 19.9. The highest BCUT2D eigenvalue weighted by molar-refractivity contribution is 7.99. The molecule has 2 aromatic rings. The first-order valence-corrected chi connectivity index (χ1v) is 10.8. The topological polar surface area (TPSA) is 75.0 Å². The number of aromatic amines is 1. The first-order valence-electron chi connectivity index (χ1n) is 9.24. The van der Waals surface area contributed by atoms with E-state index in [4.69, 9.17) is 28.9 Å². The fourth-order valence-electron chi connectivity index (χ4n) is 4.28. The Kier molecular flexibility index (Phi) is 5.62. The molecule has 0 radical (unpaired) electrons. The number of aromatic nitrogens is 2. The molecule has 2 aliphatic rings. The summed E-state index contributed by atoms with van der Waals surface area (Å²) in [7, 11) is 0. The molecule has 9 heteroatoms. The van der Waals surface area contributed by atoms with Crippen LogP contribution in [0.15, 0.2) is 39.1 Å². The minimum atomic E-state index is -0.808. The molecular weight excluding hydrogens is 422 g/mol. The second kappa shape index (κ2) is 7.86. The van der Waals surface area contributed by atoms with Crippen LogP contribution in [0, 0.1) is 5.41 Å². The minimum Gasteiger partial charge on any atom is -0.352 e. The maximum Gasteiger partial charge on any atom is 0.291 e. The number of benzene rings is 1. The summed E-state index contributed by atoms with van der Waals surface area (Å²) in [5.74, 6) is 0.389. The van der Waals surface area contributed by atoms with Crippen LogP contribution < -0.4 is 16.2 Å². The van der Waals surface area contributed by atoms with Gasteiger partial charge in [-0.2, -0.15) is 0 Å². The van der Waals surface area contributed by atoms with Crippen molar-refractivity contribution < 1.29 is 4.39 Å². The molecule has 1 aromatic carbocycles. The van der Waals surface area contributed by atoms with Crippen molar-refractivity contribution in [3.63, 3.8) is 0 Å². The number of alkyl halides is 1. The van der Waals surface area contributed by atoms with Crippen LogP contribution in [0.3, 0.4) is 0 Å². The quantitative estimate of drug-likeness (QED) is 0.741. The zero-order valence-corrected chi connectivity index (χ0v) is 17.5. The number of piperidine rings is 1. The van der Waals surface area contributed by atoms with Gasteiger partial charge in [0.25, 0.3) is 5.56 Å². The van der Waals surface area contributed by atoms with Gasteiger partial charge >= 0.3 is 0 Å². The number of hydrogen-bond acceptors (Lipinski definition) is 5. The zero-order valence-electron chi connectivity index (χ0n) is 15.1. The largest absolute Gasteiger partial charge is 0.352 e. The summed E-state index contributed by atoms with van der Waals surface area (Å²) in [6, 6.07) is 5.24. The smallest absolute Gasteiger partial charge is 0.291 e. The molecule has 2 atom stereocenters. The van der Waals surface area contributed by atoms with Gasteiger partial charge in [-0.05, 0) is 43.2 Å². The molecule has 3 N–H and O–H groups in total. The number of anilines is 1. The Morgan fingerprint density at radius 1 is 1.32 bits per heavy atom. The molecule has 150 valence electrons. The average Bonchev–Trinajstić information content (AvgIpc) is 2.93. The van der Waals surface area contributed by atoms with Crippen molar-refractivity contribution in [1.29, 1.82) is 0 Å². The fourth-order valence-corrected chi connectivity index (χ4v) is 5.58. The SMILES string of the molecule is N[C@@H]1CC(F)CC12CCN(c1ncc(Sc3cccc(Cl)c3Cl)[nH]c1=O)CC2. The lowest BCUT2D eigenvalue weighted by atomic mass is 9.74. The summed E-state index contributed by atoms with van der Waals surface area (Å²) < 4.78 is 13.8. The molecule has 5 nitrogen and oxygen atoms in total. The summed E-state index contributed by atoms with van der Waals surface area (Å²) in [6.45, 7) is 1.31. The maximum atomic E-state index is 13.8. The van der Waals surface area contributed by atoms with Gasteiger partial charge in [0.2, 0.25) is 0 Å². The molecule has 1 aliphatic carbocycles. The molecule has 0 bridgehead atoms. The molecule has 1 unspecified atom stereocenters. The Morgan fingerprint density at radius 2 is 2.07 bits per heavy atom. The molecule has 2 fully saturated rings. The number of nitrogens with zero attached hydrogens (tertiary/aromatic N) is 2. The van der Waals surface area contributed by atoms with Crippen molar-refractivity contribution in [1.82, 2.24) is 9.97 Å². The molecule has 1 saturated heterocycles. The number of rotatable bonds is 3. The second-order valence-electron chi connectivity index (χ2n) is 7.55. The van der Waals surface area contributed by atoms with Crippen LogP contribution in [-0.2, 0) is 0 Å². The number of H-pyrrole nitrogens is 1. The molecule has 1 saturated carbocycles. The second-order valence-corrected chi connectivity index (χ2v) is 9.42. The van der Waals surface area contributed by atoms with E-state index in [9.17, 15) is 9.18 Å². The van der Waals surface area contributed by atoms with Crippen molar-refractivity contribution in [3.05, 3.63) is 44.8 Å². The molecule has 1 aromatic heterocycles. The predicted molar refractivity (Wildman–Crippen MR) is 111 cm³/mol. The van der Waals surface area contributed by atoms with Crippen LogP contribution in [0.4, 0.5) is 10.2 Å². The van der Waals surface area contributed by atoms with Crippen molar-refractivity contribution in [2.45, 2.75) is 47.8 Å². The Labute approximate surface area is 176 Å². The first kappa shape index (κ1) is 20.0. The molecule has 1 aliphatic heterocycles. The van der Waals surface area contributed by atoms with Crippen LogP contribution >= 0.6 is 35.0 Å². The predicted octanol–water partition coefficient (Wildman–Crippen LogP) is 4.27. The van der Waals surface area contributed by atoms with Crippen LogP contribution in [0.25, 0.3) is 0 Å². The van der Waals surface area contributed by atoms with E-state index in [1.807, 2.05) is 11.0 Å².